The number of hydrogen-bond acceptors (Lipinski definition) is 2. The predicted octanol–water partition coefficient (Wildman–Crippen LogP) is 2.96. The van der Waals surface area contributed by atoms with Gasteiger partial charge in [0.05, 0.1) is 0 Å². The molecule has 0 aromatic rings. The normalized spacial score (nSPS) is 12.0. The standard InChI is InChI=1S/C9H19Cl2NS/c1-3-9(7-10,8-11)12-5-4-6-13-2/h12H,3-8H2,1-2H3. The van der Waals surface area contributed by atoms with Crippen LogP contribution in [0.4, 0.5) is 0 Å². The van der Waals surface area contributed by atoms with Crippen molar-refractivity contribution in [2.75, 3.05) is 30.3 Å². The lowest BCUT2D eigenvalue weighted by Crippen LogP contribution is -2.48. The summed E-state index contributed by atoms with van der Waals surface area (Å²) in [6.45, 7) is 3.13. The SMILES string of the molecule is CCC(CCl)(CCl)NCCCSC. The molecule has 0 aromatic heterocycles. The van der Waals surface area contributed by atoms with Crippen molar-refractivity contribution in [3.05, 3.63) is 0 Å². The molecule has 13 heavy (non-hydrogen) atoms. The third-order valence-corrected chi connectivity index (χ3v) is 3.93. The molecule has 0 fully saturated rings. The fraction of sp³-hybridized carbons (Fsp3) is 1.00. The second kappa shape index (κ2) is 8.22. The van der Waals surface area contributed by atoms with Crippen LogP contribution in [-0.4, -0.2) is 35.9 Å². The highest BCUT2D eigenvalue weighted by Gasteiger charge is 2.24. The maximum Gasteiger partial charge on any atom is 0.0451 e. The zero-order chi connectivity index (χ0) is 10.2. The molecular formula is C9H19Cl2NS. The van der Waals surface area contributed by atoms with Gasteiger partial charge in [-0.05, 0) is 31.4 Å². The van der Waals surface area contributed by atoms with Crippen molar-refractivity contribution in [3.63, 3.8) is 0 Å². The van der Waals surface area contributed by atoms with E-state index >= 15 is 0 Å². The van der Waals surface area contributed by atoms with Crippen LogP contribution in [0, 0.1) is 0 Å². The smallest absolute Gasteiger partial charge is 0.0451 e. The van der Waals surface area contributed by atoms with Crippen molar-refractivity contribution in [1.29, 1.82) is 0 Å². The monoisotopic (exact) mass is 243 g/mol. The zero-order valence-corrected chi connectivity index (χ0v) is 10.7. The van der Waals surface area contributed by atoms with Crippen LogP contribution in [-0.2, 0) is 0 Å². The summed E-state index contributed by atoms with van der Waals surface area (Å²) in [6.07, 6.45) is 4.28. The predicted molar refractivity (Wildman–Crippen MR) is 65.5 cm³/mol. The van der Waals surface area contributed by atoms with Gasteiger partial charge in [-0.3, -0.25) is 0 Å². The van der Waals surface area contributed by atoms with E-state index in [9.17, 15) is 0 Å². The second-order valence-corrected chi connectivity index (χ2v) is 4.69. The molecule has 0 unspecified atom stereocenters. The summed E-state index contributed by atoms with van der Waals surface area (Å²) >= 11 is 13.6. The number of rotatable bonds is 8. The third kappa shape index (κ3) is 5.36. The molecule has 0 aromatic carbocycles. The van der Waals surface area contributed by atoms with Crippen molar-refractivity contribution in [2.45, 2.75) is 25.3 Å². The minimum absolute atomic E-state index is 0.0540. The van der Waals surface area contributed by atoms with E-state index in [0.29, 0.717) is 11.8 Å². The molecule has 0 rings (SSSR count). The van der Waals surface area contributed by atoms with E-state index in [0.717, 1.165) is 13.0 Å². The molecule has 1 N–H and O–H groups in total. The fourth-order valence-corrected chi connectivity index (χ4v) is 2.30. The molecule has 0 atom stereocenters. The molecule has 0 heterocycles. The van der Waals surface area contributed by atoms with Gasteiger partial charge in [-0.1, -0.05) is 6.92 Å². The molecule has 1 nitrogen and oxygen atoms in total. The van der Waals surface area contributed by atoms with Gasteiger partial charge >= 0.3 is 0 Å². The molecule has 0 aliphatic rings. The Labute approximate surface area is 95.9 Å². The van der Waals surface area contributed by atoms with Crippen molar-refractivity contribution >= 4 is 35.0 Å². The summed E-state index contributed by atoms with van der Waals surface area (Å²) in [5.74, 6) is 2.37. The molecule has 80 valence electrons. The first-order valence-electron chi connectivity index (χ1n) is 4.60. The molecule has 0 saturated carbocycles. The molecule has 0 amide bonds. The average Bonchev–Trinajstić information content (AvgIpc) is 2.20. The molecule has 0 spiro atoms. The number of thioether (sulfide) groups is 1. The van der Waals surface area contributed by atoms with E-state index in [4.69, 9.17) is 23.2 Å². The zero-order valence-electron chi connectivity index (χ0n) is 8.41. The van der Waals surface area contributed by atoms with Crippen molar-refractivity contribution in [1.82, 2.24) is 5.32 Å². The number of nitrogens with one attached hydrogen (secondary N) is 1. The minimum Gasteiger partial charge on any atom is -0.309 e. The highest BCUT2D eigenvalue weighted by atomic mass is 35.5. The Morgan fingerprint density at radius 1 is 1.31 bits per heavy atom. The van der Waals surface area contributed by atoms with Gasteiger partial charge in [-0.15, -0.1) is 23.2 Å². The van der Waals surface area contributed by atoms with Gasteiger partial charge < -0.3 is 5.32 Å². The molecule has 0 aliphatic heterocycles. The Morgan fingerprint density at radius 3 is 2.31 bits per heavy atom. The first-order valence-corrected chi connectivity index (χ1v) is 7.07. The second-order valence-electron chi connectivity index (χ2n) is 3.17. The van der Waals surface area contributed by atoms with Crippen LogP contribution >= 0.6 is 35.0 Å². The summed E-state index contributed by atoms with van der Waals surface area (Å²) in [5.41, 5.74) is -0.0540. The topological polar surface area (TPSA) is 12.0 Å². The van der Waals surface area contributed by atoms with Gasteiger partial charge in [0.25, 0.3) is 0 Å². The largest absolute Gasteiger partial charge is 0.309 e. The molecular weight excluding hydrogens is 225 g/mol. The van der Waals surface area contributed by atoms with Gasteiger partial charge in [-0.2, -0.15) is 11.8 Å². The lowest BCUT2D eigenvalue weighted by molar-refractivity contribution is 0.388. The van der Waals surface area contributed by atoms with Crippen LogP contribution in [0.15, 0.2) is 0 Å². The van der Waals surface area contributed by atoms with E-state index in [2.05, 4.69) is 18.5 Å². The molecule has 0 aliphatic carbocycles. The third-order valence-electron chi connectivity index (χ3n) is 2.21. The van der Waals surface area contributed by atoms with E-state index < -0.39 is 0 Å². The quantitative estimate of drug-likeness (QED) is 0.520. The molecule has 4 heteroatoms. The lowest BCUT2D eigenvalue weighted by Gasteiger charge is -2.29. The summed E-state index contributed by atoms with van der Waals surface area (Å²) < 4.78 is 0. The van der Waals surface area contributed by atoms with Crippen molar-refractivity contribution in [3.8, 4) is 0 Å². The highest BCUT2D eigenvalue weighted by molar-refractivity contribution is 7.98. The van der Waals surface area contributed by atoms with Gasteiger partial charge in [0.15, 0.2) is 0 Å². The maximum atomic E-state index is 5.89. The number of alkyl halides is 2. The van der Waals surface area contributed by atoms with Gasteiger partial charge in [-0.25, -0.2) is 0 Å². The Bertz CT molecular complexity index is 110. The van der Waals surface area contributed by atoms with Crippen LogP contribution in [0.25, 0.3) is 0 Å². The highest BCUT2D eigenvalue weighted by Crippen LogP contribution is 2.14. The Kier molecular flexibility index (Phi) is 8.78. The number of hydrogen-bond donors (Lipinski definition) is 1. The van der Waals surface area contributed by atoms with Gasteiger partial charge in [0, 0.05) is 17.3 Å². The minimum atomic E-state index is -0.0540. The summed E-state index contributed by atoms with van der Waals surface area (Å²) in [7, 11) is 0. The fourth-order valence-electron chi connectivity index (χ4n) is 1.01. The average molecular weight is 244 g/mol. The molecule has 0 radical (unpaired) electrons. The Balaban J connectivity index is 3.68. The first-order chi connectivity index (χ1) is 6.24. The number of halogens is 2. The van der Waals surface area contributed by atoms with E-state index in [1.54, 1.807) is 0 Å². The summed E-state index contributed by atoms with van der Waals surface area (Å²) in [4.78, 5) is 0. The lowest BCUT2D eigenvalue weighted by atomic mass is 10.0. The van der Waals surface area contributed by atoms with E-state index in [-0.39, 0.29) is 5.54 Å². The summed E-state index contributed by atoms with van der Waals surface area (Å²) in [6, 6.07) is 0. The van der Waals surface area contributed by atoms with Gasteiger partial charge in [0.1, 0.15) is 0 Å². The van der Waals surface area contributed by atoms with E-state index in [1.807, 2.05) is 11.8 Å². The van der Waals surface area contributed by atoms with Gasteiger partial charge in [0.2, 0.25) is 0 Å². The van der Waals surface area contributed by atoms with Crippen LogP contribution < -0.4 is 5.32 Å². The molecule has 0 bridgehead atoms. The van der Waals surface area contributed by atoms with Crippen LogP contribution in [0.3, 0.4) is 0 Å². The maximum absolute atomic E-state index is 5.89. The summed E-state index contributed by atoms with van der Waals surface area (Å²) in [5, 5.41) is 3.44. The Hall–Kier alpha value is 0.890. The van der Waals surface area contributed by atoms with E-state index in [1.165, 1.54) is 12.2 Å². The first kappa shape index (κ1) is 13.9. The van der Waals surface area contributed by atoms with Crippen molar-refractivity contribution < 1.29 is 0 Å². The Morgan fingerprint density at radius 2 is 1.92 bits per heavy atom. The van der Waals surface area contributed by atoms with Crippen LogP contribution in [0.1, 0.15) is 19.8 Å². The van der Waals surface area contributed by atoms with Crippen molar-refractivity contribution in [2.24, 2.45) is 0 Å². The van der Waals surface area contributed by atoms with Crippen LogP contribution in [0.2, 0.25) is 0 Å². The van der Waals surface area contributed by atoms with Crippen LogP contribution in [0.5, 0.6) is 0 Å². The molecule has 0 saturated heterocycles.